The highest BCUT2D eigenvalue weighted by Gasteiger charge is 2.23. The molecule has 72 valence electrons. The first-order valence-electron chi connectivity index (χ1n) is 4.62. The quantitative estimate of drug-likeness (QED) is 0.690. The van der Waals surface area contributed by atoms with Gasteiger partial charge in [0.25, 0.3) is 0 Å². The van der Waals surface area contributed by atoms with Crippen LogP contribution in [0.25, 0.3) is 0 Å². The summed E-state index contributed by atoms with van der Waals surface area (Å²) in [4.78, 5) is 0. The van der Waals surface area contributed by atoms with Gasteiger partial charge in [0, 0.05) is 25.9 Å². The van der Waals surface area contributed by atoms with Crippen LogP contribution in [0.1, 0.15) is 24.6 Å². The number of ether oxygens (including phenoxy) is 1. The zero-order valence-corrected chi connectivity index (χ0v) is 7.81. The number of nitrogens with zero attached hydrogens (tertiary/aromatic N) is 2. The standard InChI is InChI=1S/C9H15N3O/c1-12-8(2-4-11-12)9-6-7(10)3-5-13-9/h2,4,7,9H,3,5-6,10H2,1H3/t7-,9+/m0/s1. The average Bonchev–Trinajstić information content (AvgIpc) is 2.51. The molecule has 13 heavy (non-hydrogen) atoms. The molecule has 2 rings (SSSR count). The van der Waals surface area contributed by atoms with E-state index < -0.39 is 0 Å². The lowest BCUT2D eigenvalue weighted by molar-refractivity contribution is 0.00198. The first-order chi connectivity index (χ1) is 6.27. The minimum Gasteiger partial charge on any atom is -0.372 e. The van der Waals surface area contributed by atoms with Crippen molar-refractivity contribution in [1.82, 2.24) is 9.78 Å². The fraction of sp³-hybridized carbons (Fsp3) is 0.667. The van der Waals surface area contributed by atoms with Crippen molar-refractivity contribution in [2.45, 2.75) is 25.0 Å². The van der Waals surface area contributed by atoms with Crippen LogP contribution >= 0.6 is 0 Å². The second-order valence-electron chi connectivity index (χ2n) is 3.52. The van der Waals surface area contributed by atoms with E-state index in [1.54, 1.807) is 6.20 Å². The number of hydrogen-bond acceptors (Lipinski definition) is 3. The van der Waals surface area contributed by atoms with E-state index in [1.807, 2.05) is 17.8 Å². The van der Waals surface area contributed by atoms with Gasteiger partial charge in [-0.05, 0) is 18.9 Å². The Bertz CT molecular complexity index is 284. The lowest BCUT2D eigenvalue weighted by Gasteiger charge is -2.27. The Labute approximate surface area is 77.7 Å². The van der Waals surface area contributed by atoms with Crippen LogP contribution < -0.4 is 5.73 Å². The van der Waals surface area contributed by atoms with Crippen molar-refractivity contribution in [2.24, 2.45) is 12.8 Å². The molecule has 2 N–H and O–H groups in total. The van der Waals surface area contributed by atoms with Gasteiger partial charge in [0.05, 0.1) is 5.69 Å². The zero-order valence-electron chi connectivity index (χ0n) is 7.81. The minimum atomic E-state index is 0.135. The average molecular weight is 181 g/mol. The summed E-state index contributed by atoms with van der Waals surface area (Å²) in [5.74, 6) is 0. The molecule has 0 spiro atoms. The molecule has 0 radical (unpaired) electrons. The normalized spacial score (nSPS) is 29.1. The summed E-state index contributed by atoms with van der Waals surface area (Å²) < 4.78 is 7.48. The predicted molar refractivity (Wildman–Crippen MR) is 49.1 cm³/mol. The Balaban J connectivity index is 2.12. The molecule has 1 aromatic heterocycles. The number of hydrogen-bond donors (Lipinski definition) is 1. The summed E-state index contributed by atoms with van der Waals surface area (Å²) >= 11 is 0. The van der Waals surface area contributed by atoms with Crippen LogP contribution in [0.4, 0.5) is 0 Å². The van der Waals surface area contributed by atoms with Gasteiger partial charge in [-0.2, -0.15) is 5.10 Å². The van der Waals surface area contributed by atoms with Gasteiger partial charge in [0.2, 0.25) is 0 Å². The SMILES string of the molecule is Cn1nccc1[C@H]1C[C@@H](N)CCO1. The first kappa shape index (κ1) is 8.72. The lowest BCUT2D eigenvalue weighted by atomic mass is 10.0. The van der Waals surface area contributed by atoms with Gasteiger partial charge in [0.15, 0.2) is 0 Å². The van der Waals surface area contributed by atoms with E-state index in [9.17, 15) is 0 Å². The molecule has 1 aromatic rings. The number of rotatable bonds is 1. The summed E-state index contributed by atoms with van der Waals surface area (Å²) in [6, 6.07) is 2.26. The molecule has 0 amide bonds. The molecule has 1 aliphatic rings. The number of aryl methyl sites for hydroxylation is 1. The highest BCUT2D eigenvalue weighted by Crippen LogP contribution is 2.26. The molecular formula is C9H15N3O. The van der Waals surface area contributed by atoms with E-state index in [0.29, 0.717) is 0 Å². The topological polar surface area (TPSA) is 53.1 Å². The Kier molecular flexibility index (Phi) is 2.33. The molecule has 1 aliphatic heterocycles. The second kappa shape index (κ2) is 3.47. The maximum Gasteiger partial charge on any atom is 0.101 e. The largest absolute Gasteiger partial charge is 0.372 e. The van der Waals surface area contributed by atoms with Crippen molar-refractivity contribution in [3.05, 3.63) is 18.0 Å². The summed E-state index contributed by atoms with van der Waals surface area (Å²) in [6.45, 7) is 0.761. The van der Waals surface area contributed by atoms with Crippen molar-refractivity contribution in [2.75, 3.05) is 6.61 Å². The van der Waals surface area contributed by atoms with Crippen LogP contribution in [-0.2, 0) is 11.8 Å². The van der Waals surface area contributed by atoms with Gasteiger partial charge < -0.3 is 10.5 Å². The molecule has 0 aromatic carbocycles. The number of nitrogens with two attached hydrogens (primary N) is 1. The number of aromatic nitrogens is 2. The summed E-state index contributed by atoms with van der Waals surface area (Å²) in [5, 5.41) is 4.11. The van der Waals surface area contributed by atoms with Gasteiger partial charge in [0.1, 0.15) is 6.10 Å². The maximum absolute atomic E-state index is 5.87. The third-order valence-electron chi connectivity index (χ3n) is 2.51. The van der Waals surface area contributed by atoms with Crippen LogP contribution in [0.5, 0.6) is 0 Å². The summed E-state index contributed by atoms with van der Waals surface area (Å²) in [6.07, 6.45) is 3.79. The molecule has 4 heteroatoms. The first-order valence-corrected chi connectivity index (χ1v) is 4.62. The minimum absolute atomic E-state index is 0.135. The van der Waals surface area contributed by atoms with Crippen molar-refractivity contribution in [3.8, 4) is 0 Å². The van der Waals surface area contributed by atoms with Crippen molar-refractivity contribution in [1.29, 1.82) is 0 Å². The maximum atomic E-state index is 5.87. The Morgan fingerprint density at radius 1 is 1.69 bits per heavy atom. The predicted octanol–water partition coefficient (Wildman–Crippen LogP) is 0.599. The third kappa shape index (κ3) is 1.73. The Morgan fingerprint density at radius 2 is 2.54 bits per heavy atom. The highest BCUT2D eigenvalue weighted by molar-refractivity contribution is 5.05. The van der Waals surface area contributed by atoms with Gasteiger partial charge in [-0.15, -0.1) is 0 Å². The van der Waals surface area contributed by atoms with Gasteiger partial charge >= 0.3 is 0 Å². The molecule has 0 aliphatic carbocycles. The lowest BCUT2D eigenvalue weighted by Crippen LogP contribution is -2.31. The fourth-order valence-corrected chi connectivity index (χ4v) is 1.73. The third-order valence-corrected chi connectivity index (χ3v) is 2.51. The van der Waals surface area contributed by atoms with Crippen LogP contribution in [-0.4, -0.2) is 22.4 Å². The highest BCUT2D eigenvalue weighted by atomic mass is 16.5. The van der Waals surface area contributed by atoms with Crippen LogP contribution in [0.3, 0.4) is 0 Å². The van der Waals surface area contributed by atoms with Crippen LogP contribution in [0.2, 0.25) is 0 Å². The van der Waals surface area contributed by atoms with Gasteiger partial charge in [-0.3, -0.25) is 4.68 Å². The summed E-state index contributed by atoms with van der Waals surface area (Å²) in [7, 11) is 1.93. The van der Waals surface area contributed by atoms with Crippen molar-refractivity contribution in [3.63, 3.8) is 0 Å². The molecule has 0 unspecified atom stereocenters. The molecule has 0 saturated carbocycles. The zero-order chi connectivity index (χ0) is 9.26. The molecule has 4 nitrogen and oxygen atoms in total. The molecule has 2 heterocycles. The van der Waals surface area contributed by atoms with Crippen LogP contribution in [0.15, 0.2) is 12.3 Å². The molecule has 2 atom stereocenters. The van der Waals surface area contributed by atoms with E-state index in [1.165, 1.54) is 0 Å². The van der Waals surface area contributed by atoms with E-state index in [-0.39, 0.29) is 12.1 Å². The van der Waals surface area contributed by atoms with Gasteiger partial charge in [-0.1, -0.05) is 0 Å². The van der Waals surface area contributed by atoms with Crippen molar-refractivity contribution >= 4 is 0 Å². The monoisotopic (exact) mass is 181 g/mol. The van der Waals surface area contributed by atoms with E-state index in [2.05, 4.69) is 5.10 Å². The molecular weight excluding hydrogens is 166 g/mol. The van der Waals surface area contributed by atoms with Gasteiger partial charge in [-0.25, -0.2) is 0 Å². The molecule has 1 fully saturated rings. The van der Waals surface area contributed by atoms with E-state index in [0.717, 1.165) is 25.1 Å². The van der Waals surface area contributed by atoms with E-state index >= 15 is 0 Å². The van der Waals surface area contributed by atoms with Crippen molar-refractivity contribution < 1.29 is 4.74 Å². The Morgan fingerprint density at radius 3 is 3.15 bits per heavy atom. The summed E-state index contributed by atoms with van der Waals surface area (Å²) in [5.41, 5.74) is 6.99. The molecule has 1 saturated heterocycles. The van der Waals surface area contributed by atoms with E-state index in [4.69, 9.17) is 10.5 Å². The smallest absolute Gasteiger partial charge is 0.101 e. The molecule has 0 bridgehead atoms. The fourth-order valence-electron chi connectivity index (χ4n) is 1.73. The van der Waals surface area contributed by atoms with Crippen LogP contribution in [0, 0.1) is 0 Å². The Hall–Kier alpha value is -0.870. The second-order valence-corrected chi connectivity index (χ2v) is 3.52.